The summed E-state index contributed by atoms with van der Waals surface area (Å²) in [6.07, 6.45) is 14.5. The highest BCUT2D eigenvalue weighted by Crippen LogP contribution is 2.33. The Morgan fingerprint density at radius 1 is 1.30 bits per heavy atom. The van der Waals surface area contributed by atoms with Crippen molar-refractivity contribution in [1.29, 1.82) is 0 Å². The average Bonchev–Trinajstić information content (AvgIpc) is 2.92. The van der Waals surface area contributed by atoms with E-state index in [-0.39, 0.29) is 6.04 Å². The smallest absolute Gasteiger partial charge is 0.110 e. The van der Waals surface area contributed by atoms with E-state index in [2.05, 4.69) is 29.6 Å². The van der Waals surface area contributed by atoms with Crippen molar-refractivity contribution >= 4 is 0 Å². The fraction of sp³-hybridized carbons (Fsp3) is 0.824. The zero-order valence-electron chi connectivity index (χ0n) is 13.2. The molecule has 0 bridgehead atoms. The summed E-state index contributed by atoms with van der Waals surface area (Å²) < 4.78 is 2.22. The lowest BCUT2D eigenvalue weighted by Crippen LogP contribution is -2.35. The van der Waals surface area contributed by atoms with Gasteiger partial charge >= 0.3 is 0 Å². The molecule has 114 valence electrons. The number of hydrogen-bond donors (Lipinski definition) is 1. The van der Waals surface area contributed by atoms with Crippen LogP contribution < -0.4 is 5.73 Å². The number of nitrogens with two attached hydrogens (primary N) is 1. The van der Waals surface area contributed by atoms with E-state index in [9.17, 15) is 0 Å². The van der Waals surface area contributed by atoms with Crippen molar-refractivity contribution in [1.82, 2.24) is 9.55 Å². The molecule has 1 unspecified atom stereocenters. The molecular weight excluding hydrogens is 246 g/mol. The molecule has 1 fully saturated rings. The van der Waals surface area contributed by atoms with Crippen LogP contribution in [0.4, 0.5) is 0 Å². The van der Waals surface area contributed by atoms with Gasteiger partial charge in [0.05, 0.1) is 0 Å². The van der Waals surface area contributed by atoms with Gasteiger partial charge in [-0.15, -0.1) is 0 Å². The first-order chi connectivity index (χ1) is 9.74. The quantitative estimate of drug-likeness (QED) is 0.824. The monoisotopic (exact) mass is 277 g/mol. The highest BCUT2D eigenvalue weighted by molar-refractivity contribution is 4.96. The van der Waals surface area contributed by atoms with Gasteiger partial charge in [0.1, 0.15) is 5.82 Å². The molecule has 0 amide bonds. The third kappa shape index (κ3) is 4.08. The van der Waals surface area contributed by atoms with E-state index in [0.717, 1.165) is 24.7 Å². The van der Waals surface area contributed by atoms with Crippen LogP contribution in [0.5, 0.6) is 0 Å². The Morgan fingerprint density at radius 2 is 2.05 bits per heavy atom. The van der Waals surface area contributed by atoms with Gasteiger partial charge in [-0.1, -0.05) is 39.0 Å². The maximum atomic E-state index is 6.46. The van der Waals surface area contributed by atoms with E-state index < -0.39 is 0 Å². The van der Waals surface area contributed by atoms with Crippen molar-refractivity contribution in [3.8, 4) is 0 Å². The Balaban J connectivity index is 1.78. The Morgan fingerprint density at radius 3 is 2.70 bits per heavy atom. The number of nitrogens with zero attached hydrogens (tertiary/aromatic N) is 2. The summed E-state index contributed by atoms with van der Waals surface area (Å²) in [5.74, 6) is 2.83. The van der Waals surface area contributed by atoms with E-state index in [1.54, 1.807) is 0 Å². The molecule has 3 nitrogen and oxygen atoms in total. The number of rotatable bonds is 7. The lowest BCUT2D eigenvalue weighted by Gasteiger charge is -2.32. The van der Waals surface area contributed by atoms with Crippen LogP contribution in [0, 0.1) is 11.8 Å². The lowest BCUT2D eigenvalue weighted by atomic mass is 9.76. The van der Waals surface area contributed by atoms with Gasteiger partial charge in [0.25, 0.3) is 0 Å². The van der Waals surface area contributed by atoms with Crippen molar-refractivity contribution in [3.05, 3.63) is 18.2 Å². The molecule has 0 saturated heterocycles. The summed E-state index contributed by atoms with van der Waals surface area (Å²) >= 11 is 0. The predicted octanol–water partition coefficient (Wildman–Crippen LogP) is 3.77. The highest BCUT2D eigenvalue weighted by Gasteiger charge is 2.26. The van der Waals surface area contributed by atoms with Crippen LogP contribution in [0.1, 0.15) is 64.6 Å². The predicted molar refractivity (Wildman–Crippen MR) is 84.6 cm³/mol. The molecule has 1 saturated carbocycles. The molecule has 1 aromatic heterocycles. The second-order valence-electron chi connectivity index (χ2n) is 6.42. The Hall–Kier alpha value is -0.830. The van der Waals surface area contributed by atoms with Gasteiger partial charge < -0.3 is 10.3 Å². The molecule has 0 aliphatic heterocycles. The molecule has 1 atom stereocenters. The van der Waals surface area contributed by atoms with Gasteiger partial charge in [0, 0.05) is 31.4 Å². The van der Waals surface area contributed by atoms with Crippen LogP contribution in [0.25, 0.3) is 0 Å². The first-order valence-corrected chi connectivity index (χ1v) is 8.50. The van der Waals surface area contributed by atoms with Crippen LogP contribution in [0.3, 0.4) is 0 Å². The maximum Gasteiger partial charge on any atom is 0.110 e. The van der Waals surface area contributed by atoms with E-state index in [1.807, 2.05) is 6.20 Å². The third-order valence-electron chi connectivity index (χ3n) is 5.02. The largest absolute Gasteiger partial charge is 0.335 e. The molecule has 0 spiro atoms. The molecule has 0 radical (unpaired) electrons. The molecule has 2 N–H and O–H groups in total. The van der Waals surface area contributed by atoms with Gasteiger partial charge in [-0.3, -0.25) is 0 Å². The van der Waals surface area contributed by atoms with Gasteiger partial charge in [-0.25, -0.2) is 4.98 Å². The second-order valence-corrected chi connectivity index (χ2v) is 6.42. The summed E-state index contributed by atoms with van der Waals surface area (Å²) in [5, 5.41) is 0. The van der Waals surface area contributed by atoms with Crippen LogP contribution in [-0.2, 0) is 13.0 Å². The molecule has 20 heavy (non-hydrogen) atoms. The molecular formula is C17H31N3. The average molecular weight is 277 g/mol. The van der Waals surface area contributed by atoms with Gasteiger partial charge in [-0.2, -0.15) is 0 Å². The number of aromatic nitrogens is 2. The first kappa shape index (κ1) is 15.6. The first-order valence-electron chi connectivity index (χ1n) is 8.50. The summed E-state index contributed by atoms with van der Waals surface area (Å²) in [7, 11) is 0. The highest BCUT2D eigenvalue weighted by atomic mass is 15.1. The molecule has 2 rings (SSSR count). The molecule has 1 aliphatic rings. The standard InChI is InChI=1S/C17H31N3/c1-3-5-6-14-7-9-15(10-8-14)16(18)13-17-19-11-12-20(17)4-2/h11-12,14-16H,3-10,13,18H2,1-2H3. The maximum absolute atomic E-state index is 6.46. The fourth-order valence-corrected chi connectivity index (χ4v) is 3.59. The van der Waals surface area contributed by atoms with Crippen LogP contribution >= 0.6 is 0 Å². The number of unbranched alkanes of at least 4 members (excludes halogenated alkanes) is 1. The van der Waals surface area contributed by atoms with Gasteiger partial charge in [0.15, 0.2) is 0 Å². The van der Waals surface area contributed by atoms with Crippen LogP contribution in [-0.4, -0.2) is 15.6 Å². The number of imidazole rings is 1. The molecule has 1 aliphatic carbocycles. The lowest BCUT2D eigenvalue weighted by molar-refractivity contribution is 0.229. The van der Waals surface area contributed by atoms with Crippen LogP contribution in [0.15, 0.2) is 12.4 Å². The molecule has 1 heterocycles. The van der Waals surface area contributed by atoms with Crippen molar-refractivity contribution in [2.24, 2.45) is 17.6 Å². The molecule has 3 heteroatoms. The number of aryl methyl sites for hydroxylation is 1. The van der Waals surface area contributed by atoms with Gasteiger partial charge in [0.2, 0.25) is 0 Å². The summed E-state index contributed by atoms with van der Waals surface area (Å²) in [6.45, 7) is 5.44. The number of hydrogen-bond acceptors (Lipinski definition) is 2. The minimum atomic E-state index is 0.287. The van der Waals surface area contributed by atoms with E-state index in [4.69, 9.17) is 5.73 Å². The summed E-state index contributed by atoms with van der Waals surface area (Å²) in [5.41, 5.74) is 6.46. The zero-order valence-corrected chi connectivity index (χ0v) is 13.2. The molecule has 1 aromatic rings. The normalized spacial score (nSPS) is 24.8. The van der Waals surface area contributed by atoms with Crippen molar-refractivity contribution in [2.45, 2.75) is 77.8 Å². The van der Waals surface area contributed by atoms with Gasteiger partial charge in [-0.05, 0) is 31.6 Å². The third-order valence-corrected chi connectivity index (χ3v) is 5.02. The van der Waals surface area contributed by atoms with Crippen molar-refractivity contribution in [2.75, 3.05) is 0 Å². The second kappa shape index (κ2) is 7.82. The Labute approximate surface area is 124 Å². The SMILES string of the molecule is CCCCC1CCC(C(N)Cc2nccn2CC)CC1. The van der Waals surface area contributed by atoms with Crippen molar-refractivity contribution in [3.63, 3.8) is 0 Å². The van der Waals surface area contributed by atoms with E-state index in [1.165, 1.54) is 44.9 Å². The van der Waals surface area contributed by atoms with E-state index in [0.29, 0.717) is 5.92 Å². The fourth-order valence-electron chi connectivity index (χ4n) is 3.59. The minimum Gasteiger partial charge on any atom is -0.335 e. The van der Waals surface area contributed by atoms with Crippen LogP contribution in [0.2, 0.25) is 0 Å². The Bertz CT molecular complexity index is 377. The molecule has 0 aromatic carbocycles. The summed E-state index contributed by atoms with van der Waals surface area (Å²) in [4.78, 5) is 4.46. The minimum absolute atomic E-state index is 0.287. The van der Waals surface area contributed by atoms with E-state index >= 15 is 0 Å². The zero-order chi connectivity index (χ0) is 14.4. The topological polar surface area (TPSA) is 43.8 Å². The summed E-state index contributed by atoms with van der Waals surface area (Å²) in [6, 6.07) is 0.287. The van der Waals surface area contributed by atoms with Crippen molar-refractivity contribution < 1.29 is 0 Å². The Kier molecular flexibility index (Phi) is 6.08.